The van der Waals surface area contributed by atoms with Crippen LogP contribution in [-0.2, 0) is 14.6 Å². The van der Waals surface area contributed by atoms with E-state index in [1.54, 1.807) is 0 Å². The molecule has 0 saturated heterocycles. The van der Waals surface area contributed by atoms with Crippen molar-refractivity contribution in [1.82, 2.24) is 0 Å². The number of sulfone groups is 1. The second-order valence-electron chi connectivity index (χ2n) is 3.95. The maximum atomic E-state index is 13.6. The Hall–Kier alpha value is -1.21. The molecule has 1 rings (SSSR count). The van der Waals surface area contributed by atoms with Crippen LogP contribution in [0.15, 0.2) is 17.0 Å². The van der Waals surface area contributed by atoms with Crippen LogP contribution in [0, 0.1) is 11.6 Å². The van der Waals surface area contributed by atoms with Crippen molar-refractivity contribution in [3.8, 4) is 0 Å². The van der Waals surface area contributed by atoms with Gasteiger partial charge in [0.1, 0.15) is 16.5 Å². The molecule has 102 valence electrons. The molecule has 0 aliphatic rings. The van der Waals surface area contributed by atoms with E-state index in [0.717, 1.165) is 12.1 Å². The van der Waals surface area contributed by atoms with E-state index in [1.165, 1.54) is 14.0 Å². The van der Waals surface area contributed by atoms with Crippen molar-refractivity contribution < 1.29 is 21.9 Å². The lowest BCUT2D eigenvalue weighted by Gasteiger charge is -2.14. The first-order chi connectivity index (χ1) is 8.30. The van der Waals surface area contributed by atoms with Crippen LogP contribution in [0.4, 0.5) is 14.5 Å². The second-order valence-corrected chi connectivity index (χ2v) is 6.25. The fourth-order valence-corrected chi connectivity index (χ4v) is 2.96. The summed E-state index contributed by atoms with van der Waals surface area (Å²) in [5, 5.41) is -0.940. The molecule has 1 unspecified atom stereocenters. The van der Waals surface area contributed by atoms with Crippen LogP contribution < -0.4 is 5.73 Å². The fourth-order valence-electron chi connectivity index (χ4n) is 1.49. The minimum absolute atomic E-state index is 0.155. The van der Waals surface area contributed by atoms with E-state index in [4.69, 9.17) is 10.5 Å². The van der Waals surface area contributed by atoms with Gasteiger partial charge in [-0.1, -0.05) is 0 Å². The monoisotopic (exact) mass is 279 g/mol. The zero-order valence-electron chi connectivity index (χ0n) is 10.1. The summed E-state index contributed by atoms with van der Waals surface area (Å²) in [4.78, 5) is -0.930. The van der Waals surface area contributed by atoms with E-state index >= 15 is 0 Å². The van der Waals surface area contributed by atoms with Crippen molar-refractivity contribution in [2.45, 2.75) is 23.5 Å². The summed E-state index contributed by atoms with van der Waals surface area (Å²) in [5.74, 6) is -2.34. The van der Waals surface area contributed by atoms with Crippen LogP contribution in [0.1, 0.15) is 13.3 Å². The summed E-state index contributed by atoms with van der Waals surface area (Å²) in [6, 6.07) is 1.58. The normalized spacial score (nSPS) is 13.6. The van der Waals surface area contributed by atoms with Gasteiger partial charge < -0.3 is 10.5 Å². The molecule has 0 aliphatic carbocycles. The van der Waals surface area contributed by atoms with E-state index in [2.05, 4.69) is 0 Å². The first-order valence-electron chi connectivity index (χ1n) is 5.28. The maximum absolute atomic E-state index is 13.6. The van der Waals surface area contributed by atoms with Crippen LogP contribution in [0.2, 0.25) is 0 Å². The molecule has 0 spiro atoms. The summed E-state index contributed by atoms with van der Waals surface area (Å²) in [5.41, 5.74) is 5.07. The predicted molar refractivity (Wildman–Crippen MR) is 63.9 cm³/mol. The first kappa shape index (κ1) is 14.8. The topological polar surface area (TPSA) is 69.4 Å². The molecule has 4 nitrogen and oxygen atoms in total. The van der Waals surface area contributed by atoms with Gasteiger partial charge in [-0.25, -0.2) is 17.2 Å². The predicted octanol–water partition coefficient (Wildman–Crippen LogP) is 1.75. The molecule has 0 aromatic heterocycles. The minimum atomic E-state index is -4.07. The number of anilines is 1. The van der Waals surface area contributed by atoms with Gasteiger partial charge in [-0.15, -0.1) is 0 Å². The molecule has 1 aromatic carbocycles. The van der Waals surface area contributed by atoms with Crippen molar-refractivity contribution in [3.05, 3.63) is 23.8 Å². The number of methoxy groups -OCH3 is 1. The zero-order valence-corrected chi connectivity index (χ0v) is 10.9. The van der Waals surface area contributed by atoms with Crippen molar-refractivity contribution in [2.24, 2.45) is 0 Å². The van der Waals surface area contributed by atoms with Gasteiger partial charge in [-0.3, -0.25) is 0 Å². The van der Waals surface area contributed by atoms with Crippen molar-refractivity contribution in [1.29, 1.82) is 0 Å². The highest BCUT2D eigenvalue weighted by atomic mass is 32.2. The third-order valence-electron chi connectivity index (χ3n) is 2.56. The lowest BCUT2D eigenvalue weighted by molar-refractivity contribution is 0.194. The second kappa shape index (κ2) is 5.62. The molecular formula is C11H15F2NO3S. The van der Waals surface area contributed by atoms with Crippen molar-refractivity contribution in [3.63, 3.8) is 0 Å². The molecule has 2 N–H and O–H groups in total. The van der Waals surface area contributed by atoms with Crippen LogP contribution in [0.3, 0.4) is 0 Å². The molecule has 0 radical (unpaired) electrons. The smallest absolute Gasteiger partial charge is 0.186 e. The van der Waals surface area contributed by atoms with Gasteiger partial charge >= 0.3 is 0 Å². The number of hydrogen-bond acceptors (Lipinski definition) is 4. The Morgan fingerprint density at radius 2 is 1.83 bits per heavy atom. The Bertz CT molecular complexity index is 508. The van der Waals surface area contributed by atoms with Gasteiger partial charge in [0.25, 0.3) is 0 Å². The van der Waals surface area contributed by atoms with Crippen LogP contribution in [-0.4, -0.2) is 27.4 Å². The quantitative estimate of drug-likeness (QED) is 0.834. The third-order valence-corrected chi connectivity index (χ3v) is 4.82. The fraction of sp³-hybridized carbons (Fsp3) is 0.455. The van der Waals surface area contributed by atoms with E-state index in [0.29, 0.717) is 0 Å². The van der Waals surface area contributed by atoms with Crippen molar-refractivity contribution >= 4 is 15.5 Å². The Morgan fingerprint density at radius 3 is 2.28 bits per heavy atom. The SMILES string of the molecule is COCCC(C)S(=O)(=O)c1c(F)cc(N)cc1F. The van der Waals surface area contributed by atoms with E-state index < -0.39 is 31.6 Å². The van der Waals surface area contributed by atoms with Gasteiger partial charge in [0.2, 0.25) is 0 Å². The van der Waals surface area contributed by atoms with E-state index in [1.807, 2.05) is 0 Å². The highest BCUT2D eigenvalue weighted by molar-refractivity contribution is 7.92. The molecular weight excluding hydrogens is 264 g/mol. The number of halogens is 2. The molecule has 0 saturated carbocycles. The van der Waals surface area contributed by atoms with Gasteiger partial charge in [0.15, 0.2) is 9.84 Å². The van der Waals surface area contributed by atoms with Gasteiger partial charge in [0, 0.05) is 19.4 Å². The largest absolute Gasteiger partial charge is 0.399 e. The summed E-state index contributed by atoms with van der Waals surface area (Å²) in [7, 11) is -2.65. The number of benzene rings is 1. The molecule has 0 fully saturated rings. The number of hydrogen-bond donors (Lipinski definition) is 1. The standard InChI is InChI=1S/C11H15F2NO3S/c1-7(3-4-17-2)18(15,16)11-9(12)5-8(14)6-10(11)13/h5-7H,3-4,14H2,1-2H3. The number of ether oxygens (including phenoxy) is 1. The van der Waals surface area contributed by atoms with Gasteiger partial charge in [-0.05, 0) is 25.5 Å². The Balaban J connectivity index is 3.20. The van der Waals surface area contributed by atoms with Crippen LogP contribution in [0.25, 0.3) is 0 Å². The third kappa shape index (κ3) is 2.97. The molecule has 1 atom stereocenters. The average molecular weight is 279 g/mol. The molecule has 0 amide bonds. The summed E-state index contributed by atoms with van der Waals surface area (Å²) >= 11 is 0. The lowest BCUT2D eigenvalue weighted by Crippen LogP contribution is -2.22. The Morgan fingerprint density at radius 1 is 1.33 bits per heavy atom. The molecule has 0 bridgehead atoms. The van der Waals surface area contributed by atoms with Gasteiger partial charge in [-0.2, -0.15) is 0 Å². The highest BCUT2D eigenvalue weighted by Gasteiger charge is 2.30. The zero-order chi connectivity index (χ0) is 13.9. The summed E-state index contributed by atoms with van der Waals surface area (Å²) < 4.78 is 55.9. The van der Waals surface area contributed by atoms with E-state index in [-0.39, 0.29) is 18.7 Å². The van der Waals surface area contributed by atoms with Crippen molar-refractivity contribution in [2.75, 3.05) is 19.5 Å². The Labute approximate surface area is 105 Å². The average Bonchev–Trinajstić information content (AvgIpc) is 2.23. The Kier molecular flexibility index (Phi) is 4.64. The van der Waals surface area contributed by atoms with Crippen LogP contribution in [0.5, 0.6) is 0 Å². The molecule has 1 aromatic rings. The van der Waals surface area contributed by atoms with Gasteiger partial charge in [0.05, 0.1) is 5.25 Å². The minimum Gasteiger partial charge on any atom is -0.399 e. The maximum Gasteiger partial charge on any atom is 0.186 e. The summed E-state index contributed by atoms with van der Waals surface area (Å²) in [6.07, 6.45) is 0.155. The summed E-state index contributed by atoms with van der Waals surface area (Å²) in [6.45, 7) is 1.57. The van der Waals surface area contributed by atoms with E-state index in [9.17, 15) is 17.2 Å². The highest BCUT2D eigenvalue weighted by Crippen LogP contribution is 2.26. The number of rotatable bonds is 5. The molecule has 0 aliphatic heterocycles. The molecule has 18 heavy (non-hydrogen) atoms. The molecule has 7 heteroatoms. The first-order valence-corrected chi connectivity index (χ1v) is 6.82. The molecule has 0 heterocycles. The number of nitrogens with two attached hydrogens (primary N) is 1. The lowest BCUT2D eigenvalue weighted by atomic mass is 10.3. The number of nitrogen functional groups attached to an aromatic ring is 1. The van der Waals surface area contributed by atoms with Crippen LogP contribution >= 0.6 is 0 Å².